The topological polar surface area (TPSA) is 80.3 Å². The van der Waals surface area contributed by atoms with Crippen molar-refractivity contribution in [3.63, 3.8) is 0 Å². The largest absolute Gasteiger partial charge is 0.289 e. The fourth-order valence-corrected chi connectivity index (χ4v) is 3.78. The highest BCUT2D eigenvalue weighted by Crippen LogP contribution is 2.32. The Hall–Kier alpha value is -2.69. The van der Waals surface area contributed by atoms with E-state index in [0.717, 1.165) is 9.87 Å². The Balaban J connectivity index is 1.84. The summed E-state index contributed by atoms with van der Waals surface area (Å²) in [6, 6.07) is 14.1. The summed E-state index contributed by atoms with van der Waals surface area (Å²) in [4.78, 5) is 10.0. The van der Waals surface area contributed by atoms with Crippen LogP contribution in [0.2, 0.25) is 0 Å². The minimum Gasteiger partial charge on any atom is -0.258 e. The zero-order valence-corrected chi connectivity index (χ0v) is 12.7. The number of para-hydroxylation sites is 1. The van der Waals surface area contributed by atoms with Crippen molar-refractivity contribution in [2.45, 2.75) is 10.9 Å². The number of hydrogen-bond acceptors (Lipinski definition) is 4. The molecule has 0 radical (unpaired) electrons. The number of rotatable bonds is 3. The van der Waals surface area contributed by atoms with Gasteiger partial charge in [0.05, 0.1) is 4.92 Å². The third kappa shape index (κ3) is 3.08. The number of hydrogen-bond donors (Lipinski definition) is 0. The van der Waals surface area contributed by atoms with Crippen molar-refractivity contribution >= 4 is 15.7 Å². The molecule has 3 rings (SSSR count). The fourth-order valence-electron chi connectivity index (χ4n) is 2.15. The van der Waals surface area contributed by atoms with Crippen LogP contribution in [0.15, 0.2) is 59.5 Å². The Kier molecular flexibility index (Phi) is 3.86. The van der Waals surface area contributed by atoms with Crippen LogP contribution in [0.5, 0.6) is 0 Å². The summed E-state index contributed by atoms with van der Waals surface area (Å²) in [7, 11) is -3.91. The van der Waals surface area contributed by atoms with Gasteiger partial charge in [-0.1, -0.05) is 42.2 Å². The van der Waals surface area contributed by atoms with Crippen LogP contribution in [-0.2, 0) is 10.0 Å². The van der Waals surface area contributed by atoms with Gasteiger partial charge in [-0.3, -0.25) is 10.1 Å². The predicted octanol–water partition coefficient (Wildman–Crippen LogP) is 2.02. The van der Waals surface area contributed by atoms with Gasteiger partial charge in [0.15, 0.2) is 4.90 Å². The van der Waals surface area contributed by atoms with Crippen LogP contribution in [0.4, 0.5) is 5.69 Å². The van der Waals surface area contributed by atoms with E-state index in [1.165, 1.54) is 24.3 Å². The van der Waals surface area contributed by atoms with Crippen molar-refractivity contribution in [1.82, 2.24) is 4.31 Å². The third-order valence-corrected chi connectivity index (χ3v) is 5.29. The Morgan fingerprint density at radius 2 is 1.74 bits per heavy atom. The van der Waals surface area contributed by atoms with E-state index in [4.69, 9.17) is 0 Å². The molecule has 1 aliphatic rings. The lowest BCUT2D eigenvalue weighted by molar-refractivity contribution is -0.387. The summed E-state index contributed by atoms with van der Waals surface area (Å²) in [6.45, 7) is 0.244. The van der Waals surface area contributed by atoms with Gasteiger partial charge < -0.3 is 0 Å². The van der Waals surface area contributed by atoms with Crippen molar-refractivity contribution in [3.8, 4) is 11.8 Å². The second-order valence-corrected chi connectivity index (χ2v) is 6.81. The molecule has 0 bridgehead atoms. The molecular weight excluding hydrogens is 316 g/mol. The summed E-state index contributed by atoms with van der Waals surface area (Å²) >= 11 is 0. The van der Waals surface area contributed by atoms with Gasteiger partial charge in [-0.25, -0.2) is 8.42 Å². The van der Waals surface area contributed by atoms with Gasteiger partial charge in [-0.05, 0) is 18.2 Å². The van der Waals surface area contributed by atoms with Crippen LogP contribution in [-0.4, -0.2) is 30.2 Å². The molecule has 1 heterocycles. The first-order chi connectivity index (χ1) is 11.0. The number of nitro benzene ring substituents is 1. The van der Waals surface area contributed by atoms with E-state index in [0.29, 0.717) is 0 Å². The summed E-state index contributed by atoms with van der Waals surface area (Å²) in [5.41, 5.74) is 0.372. The van der Waals surface area contributed by atoms with Crippen LogP contribution < -0.4 is 0 Å². The molecular formula is C16H12N2O4S. The van der Waals surface area contributed by atoms with Crippen molar-refractivity contribution in [1.29, 1.82) is 0 Å². The maximum Gasteiger partial charge on any atom is 0.289 e. The summed E-state index contributed by atoms with van der Waals surface area (Å²) in [6.07, 6.45) is 0. The number of sulfonamides is 1. The Bertz CT molecular complexity index is 914. The molecule has 0 saturated carbocycles. The van der Waals surface area contributed by atoms with Crippen LogP contribution >= 0.6 is 0 Å². The van der Waals surface area contributed by atoms with Crippen molar-refractivity contribution in [2.75, 3.05) is 6.54 Å². The molecule has 1 unspecified atom stereocenters. The first-order valence-electron chi connectivity index (χ1n) is 6.82. The molecule has 23 heavy (non-hydrogen) atoms. The maximum absolute atomic E-state index is 12.5. The van der Waals surface area contributed by atoms with Crippen molar-refractivity contribution in [2.24, 2.45) is 0 Å². The van der Waals surface area contributed by atoms with Gasteiger partial charge in [0.2, 0.25) is 0 Å². The molecule has 0 aromatic heterocycles. The van der Waals surface area contributed by atoms with E-state index in [1.54, 1.807) is 0 Å². The van der Waals surface area contributed by atoms with E-state index < -0.39 is 26.7 Å². The van der Waals surface area contributed by atoms with E-state index in [9.17, 15) is 18.5 Å². The third-order valence-electron chi connectivity index (χ3n) is 3.37. The quantitative estimate of drug-likeness (QED) is 0.374. The highest BCUT2D eigenvalue weighted by Gasteiger charge is 2.46. The van der Waals surface area contributed by atoms with Gasteiger partial charge in [0.25, 0.3) is 15.7 Å². The van der Waals surface area contributed by atoms with E-state index >= 15 is 0 Å². The van der Waals surface area contributed by atoms with Gasteiger partial charge in [-0.15, -0.1) is 0 Å². The number of benzene rings is 2. The minimum atomic E-state index is -3.91. The zero-order chi connectivity index (χ0) is 16.4. The second-order valence-electron chi connectivity index (χ2n) is 4.95. The van der Waals surface area contributed by atoms with Crippen molar-refractivity contribution < 1.29 is 13.3 Å². The molecule has 0 amide bonds. The molecule has 116 valence electrons. The lowest BCUT2D eigenvalue weighted by atomic mass is 10.2. The summed E-state index contributed by atoms with van der Waals surface area (Å²) in [5.74, 6) is 5.78. The Labute approximate surface area is 133 Å². The SMILES string of the molecule is O=[N+]([O-])c1ccccc1S(=O)(=O)N1C[C@@H]1C#Cc1ccccc1. The molecule has 0 spiro atoms. The molecule has 7 heteroatoms. The Morgan fingerprint density at radius 1 is 1.09 bits per heavy atom. The molecule has 2 aromatic rings. The summed E-state index contributed by atoms with van der Waals surface area (Å²) < 4.78 is 26.1. The van der Waals surface area contributed by atoms with Gasteiger partial charge >= 0.3 is 0 Å². The summed E-state index contributed by atoms with van der Waals surface area (Å²) in [5, 5.41) is 11.0. The average molecular weight is 328 g/mol. The molecule has 1 fully saturated rings. The highest BCUT2D eigenvalue weighted by molar-refractivity contribution is 7.89. The number of nitro groups is 1. The molecule has 1 aliphatic heterocycles. The lowest BCUT2D eigenvalue weighted by Crippen LogP contribution is -2.15. The lowest BCUT2D eigenvalue weighted by Gasteiger charge is -2.05. The van der Waals surface area contributed by atoms with Crippen LogP contribution in [0, 0.1) is 22.0 Å². The molecule has 0 N–H and O–H groups in total. The fraction of sp³-hybridized carbons (Fsp3) is 0.125. The normalized spacial score (nSPS) is 19.5. The van der Waals surface area contributed by atoms with Gasteiger partial charge in [0, 0.05) is 18.2 Å². The second kappa shape index (κ2) is 5.83. The smallest absolute Gasteiger partial charge is 0.258 e. The number of nitrogens with zero attached hydrogens (tertiary/aromatic N) is 2. The maximum atomic E-state index is 12.5. The minimum absolute atomic E-state index is 0.244. The predicted molar refractivity (Wildman–Crippen MR) is 84.1 cm³/mol. The average Bonchev–Trinajstić information content (AvgIpc) is 3.34. The zero-order valence-electron chi connectivity index (χ0n) is 11.9. The standard InChI is InChI=1S/C16H12N2O4S/c19-18(20)15-8-4-5-9-16(15)23(21,22)17-12-14(17)11-10-13-6-2-1-3-7-13/h1-9,14H,12H2/t14-,17?/m0/s1. The van der Waals surface area contributed by atoms with Gasteiger partial charge in [-0.2, -0.15) is 4.31 Å². The highest BCUT2D eigenvalue weighted by atomic mass is 32.2. The monoisotopic (exact) mass is 328 g/mol. The van der Waals surface area contributed by atoms with E-state index in [-0.39, 0.29) is 11.4 Å². The van der Waals surface area contributed by atoms with E-state index in [2.05, 4.69) is 11.8 Å². The van der Waals surface area contributed by atoms with Gasteiger partial charge in [0.1, 0.15) is 6.04 Å². The van der Waals surface area contributed by atoms with Crippen LogP contribution in [0.1, 0.15) is 5.56 Å². The van der Waals surface area contributed by atoms with Crippen LogP contribution in [0.25, 0.3) is 0 Å². The molecule has 2 atom stereocenters. The molecule has 2 aromatic carbocycles. The molecule has 1 saturated heterocycles. The Morgan fingerprint density at radius 3 is 2.43 bits per heavy atom. The van der Waals surface area contributed by atoms with Crippen molar-refractivity contribution in [3.05, 3.63) is 70.3 Å². The van der Waals surface area contributed by atoms with Crippen LogP contribution in [0.3, 0.4) is 0 Å². The first-order valence-corrected chi connectivity index (χ1v) is 8.26. The molecule has 0 aliphatic carbocycles. The molecule has 6 nitrogen and oxygen atoms in total. The van der Waals surface area contributed by atoms with E-state index in [1.807, 2.05) is 30.3 Å². The first kappa shape index (κ1) is 15.2.